The van der Waals surface area contributed by atoms with Crippen LogP contribution in [0.15, 0.2) is 4.40 Å². The number of hydrogen-bond donors (Lipinski definition) is 0. The maximum atomic E-state index is 5.62. The zero-order valence-electron chi connectivity index (χ0n) is 4.10. The van der Waals surface area contributed by atoms with Gasteiger partial charge in [0, 0.05) is 17.6 Å². The van der Waals surface area contributed by atoms with Crippen LogP contribution in [-0.4, -0.2) is 16.8 Å². The van der Waals surface area contributed by atoms with Gasteiger partial charge in [-0.3, -0.25) is 0 Å². The van der Waals surface area contributed by atoms with Crippen molar-refractivity contribution in [3.05, 3.63) is 0 Å². The Morgan fingerprint density at radius 2 is 2.62 bits per heavy atom. The normalized spacial score (nSPS) is 28.2. The molecule has 0 aromatic rings. The molecule has 1 unspecified atom stereocenters. The van der Waals surface area contributed by atoms with Crippen LogP contribution in [0.2, 0.25) is 0 Å². The van der Waals surface area contributed by atoms with Crippen LogP contribution < -0.4 is 0 Å². The summed E-state index contributed by atoms with van der Waals surface area (Å²) in [4.78, 5) is 0. The molecule has 0 N–H and O–H groups in total. The van der Waals surface area contributed by atoms with Gasteiger partial charge in [-0.1, -0.05) is 11.6 Å². The van der Waals surface area contributed by atoms with Gasteiger partial charge in [-0.15, -0.1) is 11.6 Å². The minimum absolute atomic E-state index is 0.309. The first-order valence-electron chi connectivity index (χ1n) is 2.26. The number of halogens is 2. The molecular weight excluding hydrogens is 165 g/mol. The molecule has 1 atom stereocenters. The van der Waals surface area contributed by atoms with Crippen LogP contribution in [0, 0.1) is 5.92 Å². The molecular formula is C4H5Cl2NS. The molecule has 0 saturated carbocycles. The van der Waals surface area contributed by atoms with Crippen molar-refractivity contribution in [1.29, 1.82) is 0 Å². The lowest BCUT2D eigenvalue weighted by molar-refractivity contribution is 0.943. The molecule has 1 aliphatic rings. The van der Waals surface area contributed by atoms with Gasteiger partial charge in [0.15, 0.2) is 0 Å². The molecule has 1 rings (SSSR count). The highest BCUT2D eigenvalue weighted by atomic mass is 35.5. The van der Waals surface area contributed by atoms with E-state index in [0.717, 1.165) is 5.75 Å². The predicted octanol–water partition coefficient (Wildman–Crippen LogP) is 2.14. The molecule has 0 aromatic heterocycles. The fourth-order valence-electron chi connectivity index (χ4n) is 0.440. The first-order chi connectivity index (χ1) is 3.84. The third-order valence-corrected chi connectivity index (χ3v) is 2.69. The Balaban J connectivity index is 2.46. The fourth-order valence-corrected chi connectivity index (χ4v) is 2.10. The van der Waals surface area contributed by atoms with Gasteiger partial charge in [0.2, 0.25) is 0 Å². The van der Waals surface area contributed by atoms with E-state index in [-0.39, 0.29) is 0 Å². The second-order valence-corrected chi connectivity index (χ2v) is 3.03. The summed E-state index contributed by atoms with van der Waals surface area (Å²) in [6.07, 6.45) is 0. The van der Waals surface area contributed by atoms with Gasteiger partial charge in [-0.25, -0.2) is 4.40 Å². The second-order valence-electron chi connectivity index (χ2n) is 1.56. The summed E-state index contributed by atoms with van der Waals surface area (Å²) in [6.45, 7) is 0. The zero-order valence-corrected chi connectivity index (χ0v) is 6.43. The average molecular weight is 170 g/mol. The molecule has 4 heteroatoms. The van der Waals surface area contributed by atoms with Crippen molar-refractivity contribution in [2.24, 2.45) is 10.3 Å². The third kappa shape index (κ3) is 1.30. The van der Waals surface area contributed by atoms with Gasteiger partial charge in [0.1, 0.15) is 5.17 Å². The van der Waals surface area contributed by atoms with E-state index in [9.17, 15) is 0 Å². The van der Waals surface area contributed by atoms with E-state index in [0.29, 0.717) is 17.0 Å². The molecule has 1 aliphatic heterocycles. The summed E-state index contributed by atoms with van der Waals surface area (Å²) in [5, 5.41) is 0.671. The van der Waals surface area contributed by atoms with Gasteiger partial charge in [0.25, 0.3) is 0 Å². The van der Waals surface area contributed by atoms with Gasteiger partial charge in [-0.05, 0) is 11.9 Å². The molecule has 0 radical (unpaired) electrons. The summed E-state index contributed by atoms with van der Waals surface area (Å²) in [5.41, 5.74) is 0. The molecule has 0 spiro atoms. The van der Waals surface area contributed by atoms with Crippen molar-refractivity contribution < 1.29 is 0 Å². The molecule has 0 amide bonds. The quantitative estimate of drug-likeness (QED) is 0.433. The fraction of sp³-hybridized carbons (Fsp3) is 0.750. The summed E-state index contributed by atoms with van der Waals surface area (Å²) in [5.74, 6) is 1.85. The monoisotopic (exact) mass is 169 g/mol. The first kappa shape index (κ1) is 6.72. The summed E-state index contributed by atoms with van der Waals surface area (Å²) < 4.78 is 3.90. The Kier molecular flexibility index (Phi) is 2.47. The predicted molar refractivity (Wildman–Crippen MR) is 40.0 cm³/mol. The van der Waals surface area contributed by atoms with Crippen molar-refractivity contribution in [2.45, 2.75) is 0 Å². The molecule has 8 heavy (non-hydrogen) atoms. The molecule has 0 aromatic carbocycles. The smallest absolute Gasteiger partial charge is 0.119 e. The van der Waals surface area contributed by atoms with E-state index >= 15 is 0 Å². The van der Waals surface area contributed by atoms with Crippen molar-refractivity contribution in [3.8, 4) is 0 Å². The van der Waals surface area contributed by atoms with Crippen LogP contribution >= 0.6 is 35.1 Å². The summed E-state index contributed by atoms with van der Waals surface area (Å²) >= 11 is 12.6. The SMILES string of the molecule is ClCC1CSN=C1Cl. The van der Waals surface area contributed by atoms with Crippen LogP contribution in [0.1, 0.15) is 0 Å². The Morgan fingerprint density at radius 1 is 1.88 bits per heavy atom. The summed E-state index contributed by atoms with van der Waals surface area (Å²) in [7, 11) is 0. The van der Waals surface area contributed by atoms with Crippen LogP contribution in [0.5, 0.6) is 0 Å². The number of rotatable bonds is 1. The molecule has 0 aliphatic carbocycles. The summed E-state index contributed by atoms with van der Waals surface area (Å²) in [6, 6.07) is 0. The van der Waals surface area contributed by atoms with E-state index in [1.807, 2.05) is 0 Å². The van der Waals surface area contributed by atoms with Crippen LogP contribution in [0.4, 0.5) is 0 Å². The van der Waals surface area contributed by atoms with E-state index in [1.165, 1.54) is 11.9 Å². The highest BCUT2D eigenvalue weighted by Crippen LogP contribution is 2.23. The maximum Gasteiger partial charge on any atom is 0.119 e. The Bertz CT molecular complexity index is 115. The van der Waals surface area contributed by atoms with Crippen LogP contribution in [0.3, 0.4) is 0 Å². The van der Waals surface area contributed by atoms with Gasteiger partial charge in [-0.2, -0.15) is 0 Å². The van der Waals surface area contributed by atoms with Crippen molar-refractivity contribution in [2.75, 3.05) is 11.6 Å². The number of alkyl halides is 1. The van der Waals surface area contributed by atoms with Crippen molar-refractivity contribution in [3.63, 3.8) is 0 Å². The maximum absolute atomic E-state index is 5.62. The lowest BCUT2D eigenvalue weighted by Gasteiger charge is -1.97. The standard InChI is InChI=1S/C4H5Cl2NS/c5-1-3-2-8-7-4(3)6/h3H,1-2H2. The Morgan fingerprint density at radius 3 is 2.88 bits per heavy atom. The largest absolute Gasteiger partial charge is 0.209 e. The second kappa shape index (κ2) is 2.95. The van der Waals surface area contributed by atoms with E-state index in [1.54, 1.807) is 0 Å². The van der Waals surface area contributed by atoms with Crippen molar-refractivity contribution >= 4 is 40.3 Å². The van der Waals surface area contributed by atoms with Crippen LogP contribution in [-0.2, 0) is 0 Å². The van der Waals surface area contributed by atoms with Gasteiger partial charge < -0.3 is 0 Å². The van der Waals surface area contributed by atoms with Crippen molar-refractivity contribution in [1.82, 2.24) is 0 Å². The van der Waals surface area contributed by atoms with Crippen LogP contribution in [0.25, 0.3) is 0 Å². The average Bonchev–Trinajstić information content (AvgIpc) is 2.14. The molecule has 1 heterocycles. The number of nitrogens with zero attached hydrogens (tertiary/aromatic N) is 1. The highest BCUT2D eigenvalue weighted by Gasteiger charge is 2.18. The van der Waals surface area contributed by atoms with Gasteiger partial charge >= 0.3 is 0 Å². The Hall–Kier alpha value is 0.600. The minimum Gasteiger partial charge on any atom is -0.209 e. The first-order valence-corrected chi connectivity index (χ1v) is 4.11. The highest BCUT2D eigenvalue weighted by molar-refractivity contribution is 7.98. The Labute approximate surface area is 62.6 Å². The lowest BCUT2D eigenvalue weighted by atomic mass is 10.2. The van der Waals surface area contributed by atoms with Gasteiger partial charge in [0.05, 0.1) is 0 Å². The molecule has 1 nitrogen and oxygen atoms in total. The van der Waals surface area contributed by atoms with E-state index in [2.05, 4.69) is 4.40 Å². The molecule has 0 saturated heterocycles. The lowest BCUT2D eigenvalue weighted by Crippen LogP contribution is -2.07. The minimum atomic E-state index is 0.309. The van der Waals surface area contributed by atoms with E-state index < -0.39 is 0 Å². The van der Waals surface area contributed by atoms with E-state index in [4.69, 9.17) is 23.2 Å². The number of hydrogen-bond acceptors (Lipinski definition) is 2. The third-order valence-electron chi connectivity index (χ3n) is 0.951. The zero-order chi connectivity index (χ0) is 5.98. The molecule has 46 valence electrons. The molecule has 0 bridgehead atoms. The molecule has 0 fully saturated rings. The topological polar surface area (TPSA) is 12.4 Å².